The molecule has 0 aliphatic carbocycles. The van der Waals surface area contributed by atoms with Crippen LogP contribution < -0.4 is 15.0 Å². The van der Waals surface area contributed by atoms with E-state index in [2.05, 4.69) is 16.4 Å². The molecule has 1 aliphatic heterocycles. The van der Waals surface area contributed by atoms with Crippen molar-refractivity contribution in [1.82, 2.24) is 19.3 Å². The Bertz CT molecular complexity index is 1530. The van der Waals surface area contributed by atoms with E-state index >= 15 is 0 Å². The van der Waals surface area contributed by atoms with E-state index in [1.54, 1.807) is 48.1 Å². The summed E-state index contributed by atoms with van der Waals surface area (Å²) in [5.74, 6) is 1.73. The van der Waals surface area contributed by atoms with Crippen molar-refractivity contribution in [2.45, 2.75) is 11.8 Å². The van der Waals surface area contributed by atoms with Gasteiger partial charge in [0.25, 0.3) is 0 Å². The molecule has 12 heteroatoms. The van der Waals surface area contributed by atoms with Gasteiger partial charge in [-0.3, -0.25) is 4.98 Å². The highest BCUT2D eigenvalue weighted by atomic mass is 32.2. The Morgan fingerprint density at radius 3 is 2.42 bits per heavy atom. The summed E-state index contributed by atoms with van der Waals surface area (Å²) in [5.41, 5.74) is 3.82. The van der Waals surface area contributed by atoms with Gasteiger partial charge in [0.05, 0.1) is 39.2 Å². The Balaban J connectivity index is 1.35. The first-order chi connectivity index (χ1) is 18.5. The van der Waals surface area contributed by atoms with Crippen LogP contribution in [0.25, 0.3) is 10.6 Å². The van der Waals surface area contributed by atoms with E-state index in [1.807, 2.05) is 30.0 Å². The molecule has 1 N–H and O–H groups in total. The van der Waals surface area contributed by atoms with Gasteiger partial charge in [0.15, 0.2) is 0 Å². The molecule has 1 aliphatic rings. The smallest absolute Gasteiger partial charge is 0.243 e. The van der Waals surface area contributed by atoms with Crippen molar-refractivity contribution in [3.8, 4) is 22.4 Å². The largest absolute Gasteiger partial charge is 0.494 e. The third-order valence-electron chi connectivity index (χ3n) is 5.98. The van der Waals surface area contributed by atoms with Crippen LogP contribution in [0, 0.1) is 11.3 Å². The molecule has 5 rings (SSSR count). The average molecular weight is 548 g/mol. The lowest BCUT2D eigenvalue weighted by atomic mass is 10.2. The fraction of sp³-hybridized carbons (Fsp3) is 0.231. The number of nitriles is 1. The number of thiazole rings is 1. The summed E-state index contributed by atoms with van der Waals surface area (Å²) in [6, 6.07) is 17.6. The van der Waals surface area contributed by atoms with E-state index in [9.17, 15) is 8.42 Å². The highest BCUT2D eigenvalue weighted by Gasteiger charge is 2.29. The number of benzene rings is 2. The Hall–Kier alpha value is -4.05. The Labute approximate surface area is 225 Å². The van der Waals surface area contributed by atoms with Gasteiger partial charge in [-0.05, 0) is 55.5 Å². The van der Waals surface area contributed by atoms with E-state index in [4.69, 9.17) is 20.0 Å². The molecule has 38 heavy (non-hydrogen) atoms. The second-order valence-corrected chi connectivity index (χ2v) is 11.2. The molecular formula is C26H25N7O3S2. The number of anilines is 3. The predicted molar refractivity (Wildman–Crippen MR) is 146 cm³/mol. The first-order valence-electron chi connectivity index (χ1n) is 12.0. The van der Waals surface area contributed by atoms with Crippen LogP contribution in [0.2, 0.25) is 0 Å². The molecule has 2 aromatic heterocycles. The molecule has 2 aromatic carbocycles. The number of sulfonamides is 1. The molecule has 10 nitrogen and oxygen atoms in total. The summed E-state index contributed by atoms with van der Waals surface area (Å²) >= 11 is 1.48. The van der Waals surface area contributed by atoms with Gasteiger partial charge in [0.1, 0.15) is 11.6 Å². The van der Waals surface area contributed by atoms with Gasteiger partial charge in [-0.15, -0.1) is 11.3 Å². The Morgan fingerprint density at radius 2 is 1.79 bits per heavy atom. The molecule has 0 unspecified atom stereocenters. The molecule has 194 valence electrons. The van der Waals surface area contributed by atoms with Crippen LogP contribution in [-0.2, 0) is 10.0 Å². The third-order valence-corrected chi connectivity index (χ3v) is 8.69. The number of hydrogen-bond donors (Lipinski definition) is 1. The number of nitrogens with one attached hydrogen (secondary N) is 1. The number of aromatic nitrogens is 3. The molecule has 1 saturated heterocycles. The lowest BCUT2D eigenvalue weighted by Crippen LogP contribution is -2.49. The molecule has 0 amide bonds. The van der Waals surface area contributed by atoms with Gasteiger partial charge < -0.3 is 15.0 Å². The van der Waals surface area contributed by atoms with Crippen LogP contribution in [-0.4, -0.2) is 60.5 Å². The fourth-order valence-electron chi connectivity index (χ4n) is 4.04. The molecule has 0 saturated carbocycles. The summed E-state index contributed by atoms with van der Waals surface area (Å²) in [5, 5.41) is 12.3. The third kappa shape index (κ3) is 5.60. The summed E-state index contributed by atoms with van der Waals surface area (Å²) in [7, 11) is -3.63. The van der Waals surface area contributed by atoms with E-state index in [0.717, 1.165) is 16.3 Å². The van der Waals surface area contributed by atoms with Crippen molar-refractivity contribution in [3.05, 3.63) is 71.9 Å². The summed E-state index contributed by atoms with van der Waals surface area (Å²) < 4.78 is 33.3. The zero-order valence-electron chi connectivity index (χ0n) is 20.6. The highest BCUT2D eigenvalue weighted by Crippen LogP contribution is 2.28. The first kappa shape index (κ1) is 25.6. The topological polar surface area (TPSA) is 124 Å². The van der Waals surface area contributed by atoms with E-state index in [0.29, 0.717) is 55.9 Å². The van der Waals surface area contributed by atoms with E-state index < -0.39 is 10.0 Å². The standard InChI is InChI=1S/C26H25N7O3S2/c1-2-36-21-7-9-22(10-8-21)38(34,35)33-13-11-32(12-14-33)26-30-23(24-17-28-18-37-24)15-25(31-26)29-20-5-3-19(16-27)4-6-20/h3-10,15,17-18H,2,11-14H2,1H3,(H,29,30,31). The average Bonchev–Trinajstić information content (AvgIpc) is 3.49. The van der Waals surface area contributed by atoms with Crippen LogP contribution in [0.3, 0.4) is 0 Å². The number of rotatable bonds is 8. The molecule has 0 radical (unpaired) electrons. The van der Waals surface area contributed by atoms with E-state index in [-0.39, 0.29) is 4.90 Å². The Kier molecular flexibility index (Phi) is 7.50. The van der Waals surface area contributed by atoms with Gasteiger partial charge in [0, 0.05) is 44.1 Å². The molecule has 4 aromatic rings. The maximum absolute atomic E-state index is 13.2. The van der Waals surface area contributed by atoms with Gasteiger partial charge in [0.2, 0.25) is 16.0 Å². The van der Waals surface area contributed by atoms with Crippen LogP contribution >= 0.6 is 11.3 Å². The zero-order chi connectivity index (χ0) is 26.5. The lowest BCUT2D eigenvalue weighted by Gasteiger charge is -2.34. The number of nitrogens with zero attached hydrogens (tertiary/aromatic N) is 6. The minimum atomic E-state index is -3.63. The van der Waals surface area contributed by atoms with Gasteiger partial charge in [-0.1, -0.05) is 0 Å². The van der Waals surface area contributed by atoms with Crippen LogP contribution in [0.4, 0.5) is 17.5 Å². The van der Waals surface area contributed by atoms with E-state index in [1.165, 1.54) is 15.6 Å². The maximum Gasteiger partial charge on any atom is 0.243 e. The normalized spacial score (nSPS) is 14.2. The highest BCUT2D eigenvalue weighted by molar-refractivity contribution is 7.89. The fourth-order valence-corrected chi connectivity index (χ4v) is 6.04. The SMILES string of the molecule is CCOc1ccc(S(=O)(=O)N2CCN(c3nc(Nc4ccc(C#N)cc4)cc(-c4cncs4)n3)CC2)cc1. The van der Waals surface area contributed by atoms with Crippen molar-refractivity contribution < 1.29 is 13.2 Å². The Morgan fingerprint density at radius 1 is 1.05 bits per heavy atom. The first-order valence-corrected chi connectivity index (χ1v) is 14.3. The molecule has 3 heterocycles. The molecule has 0 spiro atoms. The molecule has 0 atom stereocenters. The molecule has 0 bridgehead atoms. The number of piperazine rings is 1. The summed E-state index contributed by atoms with van der Waals surface area (Å²) in [4.78, 5) is 16.8. The van der Waals surface area contributed by atoms with Crippen molar-refractivity contribution in [2.24, 2.45) is 0 Å². The predicted octanol–water partition coefficient (Wildman–Crippen LogP) is 4.12. The van der Waals surface area contributed by atoms with Crippen molar-refractivity contribution >= 4 is 38.8 Å². The minimum absolute atomic E-state index is 0.242. The zero-order valence-corrected chi connectivity index (χ0v) is 22.2. The van der Waals surface area contributed by atoms with Gasteiger partial charge in [-0.2, -0.15) is 14.6 Å². The monoisotopic (exact) mass is 547 g/mol. The van der Waals surface area contributed by atoms with Gasteiger partial charge >= 0.3 is 0 Å². The molecule has 1 fully saturated rings. The number of hydrogen-bond acceptors (Lipinski definition) is 10. The molecular weight excluding hydrogens is 522 g/mol. The lowest BCUT2D eigenvalue weighted by molar-refractivity contribution is 0.340. The van der Waals surface area contributed by atoms with Crippen molar-refractivity contribution in [1.29, 1.82) is 5.26 Å². The second kappa shape index (κ2) is 11.1. The van der Waals surface area contributed by atoms with Crippen LogP contribution in [0.15, 0.2) is 71.2 Å². The van der Waals surface area contributed by atoms with Crippen LogP contribution in [0.1, 0.15) is 12.5 Å². The van der Waals surface area contributed by atoms with Crippen molar-refractivity contribution in [2.75, 3.05) is 43.0 Å². The summed E-state index contributed by atoms with van der Waals surface area (Å²) in [6.45, 7) is 3.90. The van der Waals surface area contributed by atoms with Crippen LogP contribution in [0.5, 0.6) is 5.75 Å². The van der Waals surface area contributed by atoms with Crippen molar-refractivity contribution in [3.63, 3.8) is 0 Å². The van der Waals surface area contributed by atoms with Gasteiger partial charge in [-0.25, -0.2) is 13.4 Å². The minimum Gasteiger partial charge on any atom is -0.494 e. The second-order valence-electron chi connectivity index (χ2n) is 8.41. The maximum atomic E-state index is 13.2. The quantitative estimate of drug-likeness (QED) is 0.347. The number of ether oxygens (including phenoxy) is 1. The summed E-state index contributed by atoms with van der Waals surface area (Å²) in [6.07, 6.45) is 1.75.